The van der Waals surface area contributed by atoms with Crippen LogP contribution in [0.5, 0.6) is 0 Å². The molecule has 0 amide bonds. The number of nitrogen functional groups attached to an aromatic ring is 1. The summed E-state index contributed by atoms with van der Waals surface area (Å²) in [5.41, 5.74) is 7.71. The molecule has 1 aromatic heterocycles. The lowest BCUT2D eigenvalue weighted by molar-refractivity contribution is 0.528. The fourth-order valence-corrected chi connectivity index (χ4v) is 3.12. The van der Waals surface area contributed by atoms with Crippen LogP contribution in [0.3, 0.4) is 0 Å². The van der Waals surface area contributed by atoms with Gasteiger partial charge in [-0.3, -0.25) is 0 Å². The van der Waals surface area contributed by atoms with Crippen molar-refractivity contribution in [3.8, 4) is 0 Å². The van der Waals surface area contributed by atoms with Crippen molar-refractivity contribution in [2.75, 3.05) is 29.0 Å². The molecule has 3 N–H and O–H groups in total. The number of aromatic nitrogens is 2. The molecule has 7 heteroatoms. The molecular weight excluding hydrogens is 317 g/mol. The van der Waals surface area contributed by atoms with E-state index in [0.29, 0.717) is 10.8 Å². The number of benzene rings is 1. The molecule has 0 aliphatic carbocycles. The van der Waals surface area contributed by atoms with Gasteiger partial charge in [-0.2, -0.15) is 0 Å². The third-order valence-corrected chi connectivity index (χ3v) is 4.45. The molecule has 3 rings (SSSR count). The minimum absolute atomic E-state index is 0.194. The molecule has 1 saturated heterocycles. The molecule has 1 atom stereocenters. The zero-order valence-electron chi connectivity index (χ0n) is 12.9. The Labute approximate surface area is 139 Å². The van der Waals surface area contributed by atoms with Crippen molar-refractivity contribution in [1.82, 2.24) is 9.97 Å². The summed E-state index contributed by atoms with van der Waals surface area (Å²) in [6.07, 6.45) is 3.44. The van der Waals surface area contributed by atoms with Crippen LogP contribution in [0.1, 0.15) is 18.4 Å². The van der Waals surface area contributed by atoms with Gasteiger partial charge in [0.05, 0.1) is 0 Å². The highest BCUT2D eigenvalue weighted by Gasteiger charge is 2.22. The Bertz CT molecular complexity index is 709. The van der Waals surface area contributed by atoms with Gasteiger partial charge in [0.1, 0.15) is 23.0 Å². The quantitative estimate of drug-likeness (QED) is 0.901. The summed E-state index contributed by atoms with van der Waals surface area (Å²) >= 11 is 6.14. The van der Waals surface area contributed by atoms with Crippen LogP contribution in [0.25, 0.3) is 0 Å². The van der Waals surface area contributed by atoms with Gasteiger partial charge in [-0.05, 0) is 43.5 Å². The standard InChI is InChI=1S/C16H19ClFN5/c1-10-7-11(18)4-5-13(10)23-6-2-3-12(8-23)22-16-14(17)15(19)20-9-21-16/h4-5,7,9,12H,2-3,6,8H2,1H3,(H3,19,20,21,22). The van der Waals surface area contributed by atoms with Crippen molar-refractivity contribution >= 4 is 28.9 Å². The molecular formula is C16H19ClFN5. The van der Waals surface area contributed by atoms with Crippen LogP contribution >= 0.6 is 11.6 Å². The summed E-state index contributed by atoms with van der Waals surface area (Å²) in [6.45, 7) is 3.68. The van der Waals surface area contributed by atoms with Crippen LogP contribution in [0.4, 0.5) is 21.7 Å². The Kier molecular flexibility index (Phi) is 4.52. The van der Waals surface area contributed by atoms with Gasteiger partial charge >= 0.3 is 0 Å². The predicted molar refractivity (Wildman–Crippen MR) is 91.4 cm³/mol. The lowest BCUT2D eigenvalue weighted by atomic mass is 10.0. The van der Waals surface area contributed by atoms with E-state index in [-0.39, 0.29) is 17.7 Å². The molecule has 1 fully saturated rings. The summed E-state index contributed by atoms with van der Waals surface area (Å²) in [4.78, 5) is 10.3. The number of hydrogen-bond acceptors (Lipinski definition) is 5. The SMILES string of the molecule is Cc1cc(F)ccc1N1CCCC(Nc2ncnc(N)c2Cl)C1. The van der Waals surface area contributed by atoms with Gasteiger partial charge in [0, 0.05) is 24.8 Å². The summed E-state index contributed by atoms with van der Waals surface area (Å²) in [5, 5.41) is 3.69. The fraction of sp³-hybridized carbons (Fsp3) is 0.375. The van der Waals surface area contributed by atoms with E-state index >= 15 is 0 Å². The molecule has 1 aliphatic rings. The zero-order chi connectivity index (χ0) is 16.4. The Hall–Kier alpha value is -2.08. The van der Waals surface area contributed by atoms with Gasteiger partial charge in [0.15, 0.2) is 5.82 Å². The Morgan fingerprint density at radius 2 is 2.22 bits per heavy atom. The zero-order valence-corrected chi connectivity index (χ0v) is 13.6. The van der Waals surface area contributed by atoms with Crippen LogP contribution in [-0.2, 0) is 0 Å². The van der Waals surface area contributed by atoms with Crippen LogP contribution in [0.15, 0.2) is 24.5 Å². The van der Waals surface area contributed by atoms with Crippen LogP contribution < -0.4 is 16.0 Å². The number of anilines is 3. The van der Waals surface area contributed by atoms with E-state index in [4.69, 9.17) is 17.3 Å². The minimum Gasteiger partial charge on any atom is -0.382 e. The molecule has 0 spiro atoms. The highest BCUT2D eigenvalue weighted by atomic mass is 35.5. The van der Waals surface area contributed by atoms with Crippen LogP contribution in [0, 0.1) is 12.7 Å². The van der Waals surface area contributed by atoms with Crippen LogP contribution in [-0.4, -0.2) is 29.1 Å². The molecule has 23 heavy (non-hydrogen) atoms. The molecule has 2 aromatic rings. The maximum Gasteiger partial charge on any atom is 0.150 e. The Balaban J connectivity index is 1.74. The summed E-state index contributed by atoms with van der Waals surface area (Å²) in [7, 11) is 0. The number of hydrogen-bond donors (Lipinski definition) is 2. The number of aryl methyl sites for hydroxylation is 1. The Morgan fingerprint density at radius 1 is 1.39 bits per heavy atom. The van der Waals surface area contributed by atoms with Crippen molar-refractivity contribution in [1.29, 1.82) is 0 Å². The number of rotatable bonds is 3. The maximum atomic E-state index is 13.3. The summed E-state index contributed by atoms with van der Waals surface area (Å²) in [5.74, 6) is 0.620. The highest BCUT2D eigenvalue weighted by Crippen LogP contribution is 2.28. The average Bonchev–Trinajstić information content (AvgIpc) is 2.52. The number of piperidine rings is 1. The molecule has 0 radical (unpaired) electrons. The van der Waals surface area contributed by atoms with Gasteiger partial charge in [-0.15, -0.1) is 0 Å². The topological polar surface area (TPSA) is 67.1 Å². The number of nitrogens with zero attached hydrogens (tertiary/aromatic N) is 3. The molecule has 1 aromatic carbocycles. The van der Waals surface area contributed by atoms with Crippen molar-refractivity contribution in [2.45, 2.75) is 25.8 Å². The lowest BCUT2D eigenvalue weighted by Crippen LogP contribution is -2.42. The second-order valence-electron chi connectivity index (χ2n) is 5.78. The third-order valence-electron chi connectivity index (χ3n) is 4.08. The maximum absolute atomic E-state index is 13.3. The second-order valence-corrected chi connectivity index (χ2v) is 6.16. The summed E-state index contributed by atoms with van der Waals surface area (Å²) in [6, 6.07) is 5.10. The largest absolute Gasteiger partial charge is 0.382 e. The first-order valence-electron chi connectivity index (χ1n) is 7.58. The van der Waals surface area contributed by atoms with Gasteiger partial charge in [0.25, 0.3) is 0 Å². The van der Waals surface area contributed by atoms with Crippen LogP contribution in [0.2, 0.25) is 5.02 Å². The highest BCUT2D eigenvalue weighted by molar-refractivity contribution is 6.35. The number of halogens is 2. The molecule has 2 heterocycles. The molecule has 1 unspecified atom stereocenters. The van der Waals surface area contributed by atoms with Gasteiger partial charge in [-0.1, -0.05) is 11.6 Å². The first-order chi connectivity index (χ1) is 11.0. The Morgan fingerprint density at radius 3 is 3.00 bits per heavy atom. The third kappa shape index (κ3) is 3.47. The number of nitrogens with one attached hydrogen (secondary N) is 1. The van der Waals surface area contributed by atoms with Crippen molar-refractivity contribution in [3.63, 3.8) is 0 Å². The van der Waals surface area contributed by atoms with E-state index < -0.39 is 0 Å². The van der Waals surface area contributed by atoms with Gasteiger partial charge in [-0.25, -0.2) is 14.4 Å². The molecule has 1 aliphatic heterocycles. The van der Waals surface area contributed by atoms with Crippen molar-refractivity contribution in [2.24, 2.45) is 0 Å². The van der Waals surface area contributed by atoms with Crippen molar-refractivity contribution in [3.05, 3.63) is 40.9 Å². The van der Waals surface area contributed by atoms with E-state index in [1.54, 1.807) is 6.07 Å². The monoisotopic (exact) mass is 335 g/mol. The molecule has 122 valence electrons. The fourth-order valence-electron chi connectivity index (χ4n) is 2.96. The normalized spacial score (nSPS) is 18.0. The predicted octanol–water partition coefficient (Wildman–Crippen LogP) is 3.24. The first kappa shape index (κ1) is 15.8. The van der Waals surface area contributed by atoms with E-state index in [1.807, 2.05) is 13.0 Å². The smallest absolute Gasteiger partial charge is 0.150 e. The van der Waals surface area contributed by atoms with Crippen molar-refractivity contribution < 1.29 is 4.39 Å². The van der Waals surface area contributed by atoms with E-state index in [2.05, 4.69) is 20.2 Å². The molecule has 5 nitrogen and oxygen atoms in total. The average molecular weight is 336 g/mol. The van der Waals surface area contributed by atoms with Gasteiger partial charge in [0.2, 0.25) is 0 Å². The minimum atomic E-state index is -0.207. The van der Waals surface area contributed by atoms with Gasteiger partial charge < -0.3 is 16.0 Å². The second kappa shape index (κ2) is 6.58. The van der Waals surface area contributed by atoms with E-state index in [0.717, 1.165) is 37.2 Å². The first-order valence-corrected chi connectivity index (χ1v) is 7.96. The summed E-state index contributed by atoms with van der Waals surface area (Å²) < 4.78 is 13.3. The van der Waals surface area contributed by atoms with E-state index in [9.17, 15) is 4.39 Å². The molecule has 0 saturated carbocycles. The molecule has 0 bridgehead atoms. The lowest BCUT2D eigenvalue weighted by Gasteiger charge is -2.36. The number of nitrogens with two attached hydrogens (primary N) is 1. The van der Waals surface area contributed by atoms with E-state index in [1.165, 1.54) is 12.4 Å².